The van der Waals surface area contributed by atoms with E-state index in [1.54, 1.807) is 0 Å². The van der Waals surface area contributed by atoms with Gasteiger partial charge in [-0.05, 0) is 19.1 Å². The molecule has 5 nitrogen and oxygen atoms in total. The molecule has 18 heavy (non-hydrogen) atoms. The number of aryl methyl sites for hydroxylation is 1. The van der Waals surface area contributed by atoms with Crippen molar-refractivity contribution in [2.45, 2.75) is 13.5 Å². The third-order valence-electron chi connectivity index (χ3n) is 2.34. The number of carboxylic acid groups (broad SMARTS) is 1. The summed E-state index contributed by atoms with van der Waals surface area (Å²) in [5.74, 6) is 0.132. The maximum atomic E-state index is 10.6. The zero-order valence-corrected chi connectivity index (χ0v) is 9.83. The molecule has 0 amide bonds. The minimum absolute atomic E-state index is 0.0640. The molecule has 92 valence electrons. The van der Waals surface area contributed by atoms with Crippen LogP contribution < -0.4 is 4.74 Å². The molecule has 0 saturated heterocycles. The molecule has 2 rings (SSSR count). The number of ether oxygens (including phenoxy) is 1. The number of aromatic nitrogens is 2. The number of hydrogen-bond acceptors (Lipinski definition) is 4. The van der Waals surface area contributed by atoms with E-state index in [1.807, 2.05) is 31.2 Å². The van der Waals surface area contributed by atoms with Gasteiger partial charge in [-0.3, -0.25) is 0 Å². The maximum Gasteiger partial charge on any atom is 0.338 e. The van der Waals surface area contributed by atoms with E-state index in [0.717, 1.165) is 11.3 Å². The molecule has 1 aromatic carbocycles. The Bertz CT molecular complexity index is 535. The molecule has 0 saturated carbocycles. The van der Waals surface area contributed by atoms with E-state index < -0.39 is 5.97 Å². The number of rotatable bonds is 4. The van der Waals surface area contributed by atoms with Gasteiger partial charge in [-0.1, -0.05) is 17.7 Å². The SMILES string of the molecule is Cc1ccc(OCc2ncc(C(=O)O)cn2)cc1. The Morgan fingerprint density at radius 2 is 1.83 bits per heavy atom. The van der Waals surface area contributed by atoms with Crippen molar-refractivity contribution in [1.29, 1.82) is 0 Å². The fourth-order valence-corrected chi connectivity index (χ4v) is 1.32. The van der Waals surface area contributed by atoms with Crippen LogP contribution in [0.3, 0.4) is 0 Å². The number of benzene rings is 1. The normalized spacial score (nSPS) is 10.1. The highest BCUT2D eigenvalue weighted by molar-refractivity contribution is 5.86. The lowest BCUT2D eigenvalue weighted by atomic mass is 10.2. The van der Waals surface area contributed by atoms with Gasteiger partial charge in [-0.25, -0.2) is 14.8 Å². The van der Waals surface area contributed by atoms with E-state index in [-0.39, 0.29) is 12.2 Å². The fourth-order valence-electron chi connectivity index (χ4n) is 1.32. The molecule has 5 heteroatoms. The van der Waals surface area contributed by atoms with Crippen LogP contribution in [0.15, 0.2) is 36.7 Å². The molecule has 0 spiro atoms. The molecule has 0 aliphatic carbocycles. The third-order valence-corrected chi connectivity index (χ3v) is 2.34. The van der Waals surface area contributed by atoms with E-state index in [4.69, 9.17) is 9.84 Å². The number of hydrogen-bond donors (Lipinski definition) is 1. The van der Waals surface area contributed by atoms with E-state index in [0.29, 0.717) is 5.82 Å². The fraction of sp³-hybridized carbons (Fsp3) is 0.154. The predicted octanol–water partition coefficient (Wildman–Crippen LogP) is 2.06. The number of nitrogens with zero attached hydrogens (tertiary/aromatic N) is 2. The van der Waals surface area contributed by atoms with E-state index in [9.17, 15) is 4.79 Å². The van der Waals surface area contributed by atoms with Crippen molar-refractivity contribution in [1.82, 2.24) is 9.97 Å². The monoisotopic (exact) mass is 244 g/mol. The molecule has 1 aromatic heterocycles. The van der Waals surface area contributed by atoms with E-state index in [1.165, 1.54) is 12.4 Å². The second-order valence-electron chi connectivity index (χ2n) is 3.79. The van der Waals surface area contributed by atoms with Gasteiger partial charge in [0.15, 0.2) is 5.82 Å². The lowest BCUT2D eigenvalue weighted by molar-refractivity contribution is 0.0695. The Morgan fingerprint density at radius 1 is 1.22 bits per heavy atom. The van der Waals surface area contributed by atoms with Gasteiger partial charge in [0.1, 0.15) is 12.4 Å². The smallest absolute Gasteiger partial charge is 0.338 e. The topological polar surface area (TPSA) is 72.3 Å². The van der Waals surface area contributed by atoms with Crippen molar-refractivity contribution in [2.75, 3.05) is 0 Å². The molecule has 0 unspecified atom stereocenters. The number of carbonyl (C=O) groups is 1. The summed E-state index contributed by atoms with van der Waals surface area (Å²) in [7, 11) is 0. The Kier molecular flexibility index (Phi) is 3.52. The molecule has 1 N–H and O–H groups in total. The minimum atomic E-state index is -1.04. The van der Waals surface area contributed by atoms with Gasteiger partial charge in [0.05, 0.1) is 5.56 Å². The van der Waals surface area contributed by atoms with Crippen LogP contribution in [0.1, 0.15) is 21.7 Å². The quantitative estimate of drug-likeness (QED) is 0.891. The van der Waals surface area contributed by atoms with Crippen LogP contribution >= 0.6 is 0 Å². The standard InChI is InChI=1S/C13H12N2O3/c1-9-2-4-11(5-3-9)18-8-12-14-6-10(7-15-12)13(16)17/h2-7H,8H2,1H3,(H,16,17). The van der Waals surface area contributed by atoms with Gasteiger partial charge in [0.2, 0.25) is 0 Å². The number of aromatic carboxylic acids is 1. The third kappa shape index (κ3) is 3.04. The van der Waals surface area contributed by atoms with Gasteiger partial charge < -0.3 is 9.84 Å². The summed E-state index contributed by atoms with van der Waals surface area (Å²) in [6.07, 6.45) is 2.53. The van der Waals surface area contributed by atoms with Crippen LogP contribution in [0.5, 0.6) is 5.75 Å². The molecular formula is C13H12N2O3. The van der Waals surface area contributed by atoms with Crippen LogP contribution in [0.4, 0.5) is 0 Å². The summed E-state index contributed by atoms with van der Waals surface area (Å²) in [6.45, 7) is 2.21. The summed E-state index contributed by atoms with van der Waals surface area (Å²) in [5.41, 5.74) is 1.22. The first-order valence-electron chi connectivity index (χ1n) is 5.39. The van der Waals surface area contributed by atoms with E-state index >= 15 is 0 Å². The van der Waals surface area contributed by atoms with Crippen molar-refractivity contribution >= 4 is 5.97 Å². The van der Waals surface area contributed by atoms with Crippen LogP contribution in [0, 0.1) is 6.92 Å². The van der Waals surface area contributed by atoms with Gasteiger partial charge in [-0.2, -0.15) is 0 Å². The van der Waals surface area contributed by atoms with Crippen LogP contribution in [0.25, 0.3) is 0 Å². The lowest BCUT2D eigenvalue weighted by Crippen LogP contribution is -2.04. The Hall–Kier alpha value is -2.43. The summed E-state index contributed by atoms with van der Waals surface area (Å²) >= 11 is 0. The highest BCUT2D eigenvalue weighted by Gasteiger charge is 2.04. The first kappa shape index (κ1) is 12.0. The van der Waals surface area contributed by atoms with Crippen LogP contribution in [-0.4, -0.2) is 21.0 Å². The number of carboxylic acids is 1. The van der Waals surface area contributed by atoms with E-state index in [2.05, 4.69) is 9.97 Å². The Balaban J connectivity index is 1.97. The molecule has 2 aromatic rings. The predicted molar refractivity (Wildman–Crippen MR) is 64.5 cm³/mol. The Morgan fingerprint density at radius 3 is 2.39 bits per heavy atom. The van der Waals surface area contributed by atoms with Gasteiger partial charge in [0, 0.05) is 12.4 Å². The zero-order valence-electron chi connectivity index (χ0n) is 9.83. The van der Waals surface area contributed by atoms with Crippen molar-refractivity contribution in [3.05, 3.63) is 53.6 Å². The lowest BCUT2D eigenvalue weighted by Gasteiger charge is -2.05. The average molecular weight is 244 g/mol. The Labute approximate surface area is 104 Å². The van der Waals surface area contributed by atoms with Crippen molar-refractivity contribution in [3.63, 3.8) is 0 Å². The molecular weight excluding hydrogens is 232 g/mol. The van der Waals surface area contributed by atoms with Crippen LogP contribution in [-0.2, 0) is 6.61 Å². The molecule has 0 aliphatic rings. The van der Waals surface area contributed by atoms with Gasteiger partial charge in [-0.15, -0.1) is 0 Å². The largest absolute Gasteiger partial charge is 0.486 e. The second kappa shape index (κ2) is 5.27. The van der Waals surface area contributed by atoms with Crippen molar-refractivity contribution in [3.8, 4) is 5.75 Å². The van der Waals surface area contributed by atoms with Gasteiger partial charge in [0.25, 0.3) is 0 Å². The van der Waals surface area contributed by atoms with Crippen LogP contribution in [0.2, 0.25) is 0 Å². The average Bonchev–Trinajstić information content (AvgIpc) is 2.38. The zero-order chi connectivity index (χ0) is 13.0. The van der Waals surface area contributed by atoms with Crippen molar-refractivity contribution < 1.29 is 14.6 Å². The molecule has 0 bridgehead atoms. The summed E-state index contributed by atoms with van der Waals surface area (Å²) < 4.78 is 5.47. The highest BCUT2D eigenvalue weighted by Crippen LogP contribution is 2.12. The minimum Gasteiger partial charge on any atom is -0.486 e. The first-order valence-corrected chi connectivity index (χ1v) is 5.39. The summed E-state index contributed by atoms with van der Waals surface area (Å²) in [6, 6.07) is 7.62. The second-order valence-corrected chi connectivity index (χ2v) is 3.79. The molecule has 0 radical (unpaired) electrons. The summed E-state index contributed by atoms with van der Waals surface area (Å²) in [4.78, 5) is 18.4. The molecule has 0 aliphatic heterocycles. The molecule has 0 fully saturated rings. The molecule has 0 atom stereocenters. The highest BCUT2D eigenvalue weighted by atomic mass is 16.5. The maximum absolute atomic E-state index is 10.6. The van der Waals surface area contributed by atoms with Gasteiger partial charge >= 0.3 is 5.97 Å². The van der Waals surface area contributed by atoms with Crippen molar-refractivity contribution in [2.24, 2.45) is 0 Å². The first-order chi connectivity index (χ1) is 8.65. The molecule has 1 heterocycles. The summed E-state index contributed by atoms with van der Waals surface area (Å²) in [5, 5.41) is 8.70.